The zero-order chi connectivity index (χ0) is 19.7. The van der Waals surface area contributed by atoms with Crippen molar-refractivity contribution in [2.75, 3.05) is 5.32 Å². The third kappa shape index (κ3) is 3.37. The van der Waals surface area contributed by atoms with Gasteiger partial charge in [-0.2, -0.15) is 0 Å². The molecule has 0 bridgehead atoms. The van der Waals surface area contributed by atoms with Gasteiger partial charge in [0.05, 0.1) is 11.0 Å². The van der Waals surface area contributed by atoms with Gasteiger partial charge in [-0.1, -0.05) is 17.7 Å². The molecule has 0 saturated heterocycles. The van der Waals surface area contributed by atoms with Gasteiger partial charge in [-0.3, -0.25) is 0 Å². The average Bonchev–Trinajstić information content (AvgIpc) is 2.99. The number of nitrogens with zero attached hydrogens (tertiary/aromatic N) is 3. The van der Waals surface area contributed by atoms with Crippen molar-refractivity contribution in [3.8, 4) is 11.5 Å². The molecule has 0 fully saturated rings. The number of pyridine rings is 1. The summed E-state index contributed by atoms with van der Waals surface area (Å²) in [4.78, 5) is 19.8. The maximum absolute atomic E-state index is 11.3. The number of imidazole rings is 1. The van der Waals surface area contributed by atoms with Crippen molar-refractivity contribution in [2.24, 2.45) is 7.05 Å². The van der Waals surface area contributed by atoms with Gasteiger partial charge in [0.2, 0.25) is 5.95 Å². The Morgan fingerprint density at radius 1 is 1.14 bits per heavy atom. The predicted octanol–water partition coefficient (Wildman–Crippen LogP) is 4.51. The summed E-state index contributed by atoms with van der Waals surface area (Å²) in [7, 11) is 1.93. The van der Waals surface area contributed by atoms with Crippen LogP contribution in [-0.2, 0) is 7.05 Å². The first kappa shape index (κ1) is 17.5. The molecule has 0 aliphatic carbocycles. The molecule has 28 heavy (non-hydrogen) atoms. The molecular weight excluding hydrogens is 356 g/mol. The van der Waals surface area contributed by atoms with Crippen LogP contribution < -0.4 is 10.1 Å². The molecule has 0 unspecified atom stereocenters. The van der Waals surface area contributed by atoms with Crippen LogP contribution in [0.15, 0.2) is 60.8 Å². The van der Waals surface area contributed by atoms with E-state index in [0.29, 0.717) is 11.7 Å². The van der Waals surface area contributed by atoms with Crippen LogP contribution in [0, 0.1) is 6.92 Å². The van der Waals surface area contributed by atoms with Crippen molar-refractivity contribution in [3.05, 3.63) is 72.1 Å². The molecule has 7 nitrogen and oxygen atoms in total. The Hall–Kier alpha value is -3.87. The van der Waals surface area contributed by atoms with Crippen molar-refractivity contribution in [2.45, 2.75) is 6.92 Å². The molecule has 2 N–H and O–H groups in total. The largest absolute Gasteiger partial charge is 0.476 e. The Morgan fingerprint density at radius 2 is 1.93 bits per heavy atom. The Morgan fingerprint density at radius 3 is 2.68 bits per heavy atom. The summed E-state index contributed by atoms with van der Waals surface area (Å²) in [5.74, 6) is 0.231. The Bertz CT molecular complexity index is 1170. The van der Waals surface area contributed by atoms with Crippen LogP contribution in [0.4, 0.5) is 11.6 Å². The van der Waals surface area contributed by atoms with Gasteiger partial charge in [0, 0.05) is 25.0 Å². The fourth-order valence-electron chi connectivity index (χ4n) is 2.88. The SMILES string of the molecule is Cc1ccc(Nc2nc3cc(Oc4cccnc4C(=O)O)ccc3n2C)cc1. The van der Waals surface area contributed by atoms with Gasteiger partial charge < -0.3 is 19.7 Å². The van der Waals surface area contributed by atoms with Gasteiger partial charge in [-0.15, -0.1) is 0 Å². The number of rotatable bonds is 5. The van der Waals surface area contributed by atoms with Gasteiger partial charge >= 0.3 is 5.97 Å². The lowest BCUT2D eigenvalue weighted by Gasteiger charge is -2.08. The van der Waals surface area contributed by atoms with Gasteiger partial charge in [0.1, 0.15) is 5.75 Å². The lowest BCUT2D eigenvalue weighted by Crippen LogP contribution is -2.02. The van der Waals surface area contributed by atoms with Gasteiger partial charge in [0.25, 0.3) is 0 Å². The highest BCUT2D eigenvalue weighted by Crippen LogP contribution is 2.29. The second kappa shape index (κ2) is 7.03. The van der Waals surface area contributed by atoms with E-state index in [1.807, 2.05) is 48.9 Å². The van der Waals surface area contributed by atoms with Crippen LogP contribution in [0.25, 0.3) is 11.0 Å². The number of aromatic nitrogens is 3. The highest BCUT2D eigenvalue weighted by molar-refractivity contribution is 5.88. The Kier molecular flexibility index (Phi) is 4.41. The van der Waals surface area contributed by atoms with Crippen LogP contribution in [0.3, 0.4) is 0 Å². The van der Waals surface area contributed by atoms with Crippen molar-refractivity contribution in [1.82, 2.24) is 14.5 Å². The van der Waals surface area contributed by atoms with Crippen LogP contribution in [0.2, 0.25) is 0 Å². The minimum Gasteiger partial charge on any atom is -0.476 e. The minimum absolute atomic E-state index is 0.134. The molecule has 0 radical (unpaired) electrons. The highest BCUT2D eigenvalue weighted by Gasteiger charge is 2.14. The van der Waals surface area contributed by atoms with E-state index in [0.717, 1.165) is 16.7 Å². The molecule has 0 saturated carbocycles. The van der Waals surface area contributed by atoms with Crippen LogP contribution >= 0.6 is 0 Å². The number of ether oxygens (including phenoxy) is 1. The van der Waals surface area contributed by atoms with E-state index in [2.05, 4.69) is 15.3 Å². The molecule has 0 aliphatic heterocycles. The summed E-state index contributed by atoms with van der Waals surface area (Å²) >= 11 is 0. The molecule has 0 atom stereocenters. The quantitative estimate of drug-likeness (QED) is 0.534. The average molecular weight is 374 g/mol. The summed E-state index contributed by atoms with van der Waals surface area (Å²) in [5, 5.41) is 12.6. The molecule has 0 spiro atoms. The van der Waals surface area contributed by atoms with Crippen molar-refractivity contribution < 1.29 is 14.6 Å². The molecule has 2 aromatic carbocycles. The maximum atomic E-state index is 11.3. The Labute approximate surface area is 161 Å². The number of benzene rings is 2. The summed E-state index contributed by atoms with van der Waals surface area (Å²) in [6.45, 7) is 2.04. The van der Waals surface area contributed by atoms with Crippen molar-refractivity contribution in [3.63, 3.8) is 0 Å². The third-order valence-corrected chi connectivity index (χ3v) is 4.36. The molecule has 7 heteroatoms. The first-order chi connectivity index (χ1) is 13.5. The number of fused-ring (bicyclic) bond motifs is 1. The number of hydrogen-bond acceptors (Lipinski definition) is 5. The van der Waals surface area contributed by atoms with E-state index < -0.39 is 5.97 Å². The third-order valence-electron chi connectivity index (χ3n) is 4.36. The van der Waals surface area contributed by atoms with Crippen molar-refractivity contribution >= 4 is 28.6 Å². The first-order valence-corrected chi connectivity index (χ1v) is 8.67. The molecule has 2 heterocycles. The lowest BCUT2D eigenvalue weighted by atomic mass is 10.2. The zero-order valence-electron chi connectivity index (χ0n) is 15.4. The fraction of sp³-hybridized carbons (Fsp3) is 0.0952. The van der Waals surface area contributed by atoms with E-state index in [1.54, 1.807) is 24.3 Å². The number of carboxylic acids is 1. The number of aromatic carboxylic acids is 1. The second-order valence-electron chi connectivity index (χ2n) is 6.39. The number of nitrogens with one attached hydrogen (secondary N) is 1. The normalized spacial score (nSPS) is 10.8. The first-order valence-electron chi connectivity index (χ1n) is 8.67. The van der Waals surface area contributed by atoms with Gasteiger partial charge in [-0.25, -0.2) is 14.8 Å². The zero-order valence-corrected chi connectivity index (χ0v) is 15.4. The molecule has 140 valence electrons. The molecular formula is C21H18N4O3. The molecule has 4 aromatic rings. The predicted molar refractivity (Wildman–Crippen MR) is 106 cm³/mol. The molecule has 0 aliphatic rings. The summed E-state index contributed by atoms with van der Waals surface area (Å²) < 4.78 is 7.70. The topological polar surface area (TPSA) is 89.3 Å². The summed E-state index contributed by atoms with van der Waals surface area (Å²) in [6, 6.07) is 16.7. The number of carboxylic acid groups (broad SMARTS) is 1. The Balaban J connectivity index is 1.65. The van der Waals surface area contributed by atoms with Crippen LogP contribution in [0.1, 0.15) is 16.1 Å². The standard InChI is InChI=1S/C21H18N4O3/c1-13-5-7-14(8-6-13)23-21-24-16-12-15(9-10-17(16)25(21)2)28-18-4-3-11-22-19(18)20(26)27/h3-12H,1-2H3,(H,23,24)(H,26,27). The molecule has 4 rings (SSSR count). The fourth-order valence-corrected chi connectivity index (χ4v) is 2.88. The summed E-state index contributed by atoms with van der Waals surface area (Å²) in [5.41, 5.74) is 3.66. The van der Waals surface area contributed by atoms with Crippen LogP contribution in [0.5, 0.6) is 11.5 Å². The van der Waals surface area contributed by atoms with E-state index >= 15 is 0 Å². The monoisotopic (exact) mass is 374 g/mol. The van der Waals surface area contributed by atoms with Crippen LogP contribution in [-0.4, -0.2) is 25.6 Å². The minimum atomic E-state index is -1.14. The van der Waals surface area contributed by atoms with E-state index in [-0.39, 0.29) is 11.4 Å². The molecule has 2 aromatic heterocycles. The molecule has 0 amide bonds. The highest BCUT2D eigenvalue weighted by atomic mass is 16.5. The second-order valence-corrected chi connectivity index (χ2v) is 6.39. The van der Waals surface area contributed by atoms with E-state index in [9.17, 15) is 9.90 Å². The maximum Gasteiger partial charge on any atom is 0.358 e. The number of hydrogen-bond donors (Lipinski definition) is 2. The number of anilines is 2. The van der Waals surface area contributed by atoms with Gasteiger partial charge in [0.15, 0.2) is 11.4 Å². The lowest BCUT2D eigenvalue weighted by molar-refractivity contribution is 0.0687. The smallest absolute Gasteiger partial charge is 0.358 e. The van der Waals surface area contributed by atoms with Gasteiger partial charge in [-0.05, 0) is 43.3 Å². The van der Waals surface area contributed by atoms with Crippen molar-refractivity contribution in [1.29, 1.82) is 0 Å². The van der Waals surface area contributed by atoms with E-state index in [4.69, 9.17) is 4.74 Å². The number of aryl methyl sites for hydroxylation is 2. The summed E-state index contributed by atoms with van der Waals surface area (Å²) in [6.07, 6.45) is 1.42. The van der Waals surface area contributed by atoms with E-state index in [1.165, 1.54) is 11.8 Å². The number of carbonyl (C=O) groups is 1.